The van der Waals surface area contributed by atoms with Gasteiger partial charge in [0.1, 0.15) is 11.2 Å². The lowest BCUT2D eigenvalue weighted by Gasteiger charge is -2.11. The van der Waals surface area contributed by atoms with Crippen LogP contribution in [0.1, 0.15) is 0 Å². The number of aromatic nitrogens is 2. The first kappa shape index (κ1) is 25.4. The van der Waals surface area contributed by atoms with E-state index in [2.05, 4.69) is 140 Å². The summed E-state index contributed by atoms with van der Waals surface area (Å²) in [7, 11) is 0. The second kappa shape index (κ2) is 10.3. The average Bonchev–Trinajstić information content (AvgIpc) is 3.47. The highest BCUT2D eigenvalue weighted by molar-refractivity contribution is 6.11. The van der Waals surface area contributed by atoms with Crippen LogP contribution in [0.2, 0.25) is 0 Å². The summed E-state index contributed by atoms with van der Waals surface area (Å²) < 4.78 is 6.41. The summed E-state index contributed by atoms with van der Waals surface area (Å²) in [5.74, 6) is 0.697. The van der Waals surface area contributed by atoms with Crippen LogP contribution < -0.4 is 0 Å². The third-order valence-corrected chi connectivity index (χ3v) is 8.66. The molecule has 45 heavy (non-hydrogen) atoms. The molecule has 0 spiro atoms. The molecule has 2 heterocycles. The van der Waals surface area contributed by atoms with Crippen molar-refractivity contribution < 1.29 is 4.42 Å². The first-order chi connectivity index (χ1) is 22.3. The molecule has 210 valence electrons. The maximum Gasteiger partial charge on any atom is 0.160 e. The molecule has 0 N–H and O–H groups in total. The minimum Gasteiger partial charge on any atom is -0.456 e. The quantitative estimate of drug-likeness (QED) is 0.210. The van der Waals surface area contributed by atoms with E-state index in [0.29, 0.717) is 5.82 Å². The van der Waals surface area contributed by atoms with Gasteiger partial charge in [-0.25, -0.2) is 9.97 Å². The van der Waals surface area contributed by atoms with Gasteiger partial charge < -0.3 is 4.42 Å². The van der Waals surface area contributed by atoms with Crippen LogP contribution in [0.3, 0.4) is 0 Å². The van der Waals surface area contributed by atoms with E-state index < -0.39 is 0 Å². The van der Waals surface area contributed by atoms with Crippen LogP contribution in [-0.4, -0.2) is 9.97 Å². The van der Waals surface area contributed by atoms with Crippen LogP contribution in [-0.2, 0) is 0 Å². The number of fused-ring (bicyclic) bond motifs is 5. The Morgan fingerprint density at radius 3 is 1.82 bits per heavy atom. The summed E-state index contributed by atoms with van der Waals surface area (Å²) in [5.41, 5.74) is 10.2. The van der Waals surface area contributed by atoms with Crippen LogP contribution in [0.15, 0.2) is 162 Å². The first-order valence-corrected chi connectivity index (χ1v) is 15.2. The Bertz CT molecular complexity index is 2530. The van der Waals surface area contributed by atoms with E-state index in [9.17, 15) is 0 Å². The van der Waals surface area contributed by atoms with Gasteiger partial charge in [0.2, 0.25) is 0 Å². The molecular weight excluding hydrogens is 548 g/mol. The van der Waals surface area contributed by atoms with E-state index >= 15 is 0 Å². The number of para-hydroxylation sites is 1. The molecule has 0 aliphatic heterocycles. The fourth-order valence-electron chi connectivity index (χ4n) is 6.36. The summed E-state index contributed by atoms with van der Waals surface area (Å²) in [6.07, 6.45) is 0. The third-order valence-electron chi connectivity index (χ3n) is 8.66. The summed E-state index contributed by atoms with van der Waals surface area (Å²) >= 11 is 0. The van der Waals surface area contributed by atoms with Crippen molar-refractivity contribution in [2.24, 2.45) is 0 Å². The van der Waals surface area contributed by atoms with Gasteiger partial charge in [0.05, 0.1) is 11.2 Å². The van der Waals surface area contributed by atoms with Gasteiger partial charge >= 0.3 is 0 Å². The molecule has 0 saturated carbocycles. The van der Waals surface area contributed by atoms with Gasteiger partial charge in [-0.1, -0.05) is 121 Å². The fraction of sp³-hybridized carbons (Fsp3) is 0. The summed E-state index contributed by atoms with van der Waals surface area (Å²) in [6, 6.07) is 55.0. The van der Waals surface area contributed by atoms with Gasteiger partial charge in [0, 0.05) is 27.3 Å². The van der Waals surface area contributed by atoms with Gasteiger partial charge in [0.25, 0.3) is 0 Å². The minimum atomic E-state index is 0.697. The largest absolute Gasteiger partial charge is 0.456 e. The second-order valence-corrected chi connectivity index (χ2v) is 11.4. The normalized spacial score (nSPS) is 11.6. The van der Waals surface area contributed by atoms with Gasteiger partial charge in [-0.15, -0.1) is 0 Å². The third kappa shape index (κ3) is 4.45. The molecule has 2 aromatic heterocycles. The highest BCUT2D eigenvalue weighted by atomic mass is 16.3. The van der Waals surface area contributed by atoms with Crippen LogP contribution in [0.25, 0.3) is 88.5 Å². The van der Waals surface area contributed by atoms with E-state index in [-0.39, 0.29) is 0 Å². The van der Waals surface area contributed by atoms with E-state index in [4.69, 9.17) is 14.4 Å². The molecule has 9 rings (SSSR count). The smallest absolute Gasteiger partial charge is 0.160 e. The van der Waals surface area contributed by atoms with Crippen LogP contribution in [0.4, 0.5) is 0 Å². The standard InChI is InChI=1S/C42H26N2O/c1-2-9-27(10-3-1)28-17-19-29(20-18-28)30-13-8-14-34(23-30)42-43-38-16-7-6-15-36(38)41(44-42)33-21-22-35-37-24-31-11-4-5-12-32(31)25-40(37)45-39(35)26-33/h1-26H. The van der Waals surface area contributed by atoms with Gasteiger partial charge in [-0.3, -0.25) is 0 Å². The molecule has 3 nitrogen and oxygen atoms in total. The Hall–Kier alpha value is -6.06. The maximum absolute atomic E-state index is 6.41. The molecule has 0 aliphatic carbocycles. The van der Waals surface area contributed by atoms with Crippen molar-refractivity contribution in [3.05, 3.63) is 158 Å². The average molecular weight is 575 g/mol. The lowest BCUT2D eigenvalue weighted by Crippen LogP contribution is -1.95. The zero-order valence-corrected chi connectivity index (χ0v) is 24.3. The predicted molar refractivity (Wildman–Crippen MR) is 186 cm³/mol. The molecule has 0 bridgehead atoms. The highest BCUT2D eigenvalue weighted by Crippen LogP contribution is 2.37. The molecule has 7 aromatic carbocycles. The Labute approximate surface area is 260 Å². The molecule has 0 amide bonds. The SMILES string of the molecule is c1ccc(-c2ccc(-c3cccc(-c4nc(-c5ccc6c(c5)oc5cc7ccccc7cc56)c5ccccc5n4)c3)cc2)cc1. The first-order valence-electron chi connectivity index (χ1n) is 15.2. The number of hydrogen-bond acceptors (Lipinski definition) is 3. The van der Waals surface area contributed by atoms with Crippen molar-refractivity contribution in [3.63, 3.8) is 0 Å². The Balaban J connectivity index is 1.14. The van der Waals surface area contributed by atoms with Crippen LogP contribution >= 0.6 is 0 Å². The monoisotopic (exact) mass is 574 g/mol. The van der Waals surface area contributed by atoms with Crippen molar-refractivity contribution >= 4 is 43.6 Å². The molecule has 0 unspecified atom stereocenters. The molecule has 0 atom stereocenters. The minimum absolute atomic E-state index is 0.697. The molecule has 0 fully saturated rings. The maximum atomic E-state index is 6.41. The number of nitrogens with zero attached hydrogens (tertiary/aromatic N) is 2. The van der Waals surface area contributed by atoms with E-state index in [0.717, 1.165) is 60.8 Å². The summed E-state index contributed by atoms with van der Waals surface area (Å²) in [5, 5.41) is 5.61. The highest BCUT2D eigenvalue weighted by Gasteiger charge is 2.15. The number of benzene rings is 7. The fourth-order valence-corrected chi connectivity index (χ4v) is 6.36. The van der Waals surface area contributed by atoms with Crippen molar-refractivity contribution in [2.75, 3.05) is 0 Å². The van der Waals surface area contributed by atoms with Gasteiger partial charge in [0.15, 0.2) is 5.82 Å². The van der Waals surface area contributed by atoms with Crippen LogP contribution in [0, 0.1) is 0 Å². The van der Waals surface area contributed by atoms with Gasteiger partial charge in [-0.2, -0.15) is 0 Å². The Kier molecular flexibility index (Phi) is 5.82. The number of rotatable bonds is 4. The Morgan fingerprint density at radius 2 is 0.978 bits per heavy atom. The number of furan rings is 1. The lowest BCUT2D eigenvalue weighted by atomic mass is 9.99. The molecule has 9 aromatic rings. The lowest BCUT2D eigenvalue weighted by molar-refractivity contribution is 0.669. The van der Waals surface area contributed by atoms with E-state index in [1.165, 1.54) is 21.9 Å². The predicted octanol–water partition coefficient (Wildman–Crippen LogP) is 11.4. The van der Waals surface area contributed by atoms with Gasteiger partial charge in [-0.05, 0) is 69.4 Å². The summed E-state index contributed by atoms with van der Waals surface area (Å²) in [6.45, 7) is 0. The zero-order chi connectivity index (χ0) is 29.7. The molecule has 0 radical (unpaired) electrons. The number of hydrogen-bond donors (Lipinski definition) is 0. The summed E-state index contributed by atoms with van der Waals surface area (Å²) in [4.78, 5) is 10.2. The van der Waals surface area contributed by atoms with Crippen molar-refractivity contribution in [2.45, 2.75) is 0 Å². The molecule has 0 aliphatic rings. The zero-order valence-electron chi connectivity index (χ0n) is 24.3. The van der Waals surface area contributed by atoms with Crippen LogP contribution in [0.5, 0.6) is 0 Å². The van der Waals surface area contributed by atoms with Crippen molar-refractivity contribution in [3.8, 4) is 44.9 Å². The Morgan fingerprint density at radius 1 is 0.356 bits per heavy atom. The topological polar surface area (TPSA) is 38.9 Å². The molecule has 0 saturated heterocycles. The van der Waals surface area contributed by atoms with E-state index in [1.807, 2.05) is 18.2 Å². The van der Waals surface area contributed by atoms with Crippen molar-refractivity contribution in [1.29, 1.82) is 0 Å². The molecule has 3 heteroatoms. The van der Waals surface area contributed by atoms with Crippen molar-refractivity contribution in [1.82, 2.24) is 9.97 Å². The molecular formula is C42H26N2O. The second-order valence-electron chi connectivity index (χ2n) is 11.4. The van der Waals surface area contributed by atoms with E-state index in [1.54, 1.807) is 0 Å².